The highest BCUT2D eigenvalue weighted by Gasteiger charge is 2.28. The molecule has 1 fully saturated rings. The van der Waals surface area contributed by atoms with Gasteiger partial charge < -0.3 is 10.4 Å². The Bertz CT molecular complexity index is 746. The van der Waals surface area contributed by atoms with Gasteiger partial charge in [-0.2, -0.15) is 0 Å². The summed E-state index contributed by atoms with van der Waals surface area (Å²) in [4.78, 5) is 25.8. The molecule has 0 spiro atoms. The first-order valence-corrected chi connectivity index (χ1v) is 8.56. The van der Waals surface area contributed by atoms with Crippen molar-refractivity contribution < 1.29 is 14.7 Å². The second kappa shape index (κ2) is 7.94. The molecule has 5 nitrogen and oxygen atoms in total. The summed E-state index contributed by atoms with van der Waals surface area (Å²) in [6, 6.07) is 16.3. The number of hydrogen-bond acceptors (Lipinski definition) is 3. The number of rotatable bonds is 5. The number of carboxylic acids is 1. The van der Waals surface area contributed by atoms with E-state index in [9.17, 15) is 14.7 Å². The van der Waals surface area contributed by atoms with Gasteiger partial charge in [-0.1, -0.05) is 36.8 Å². The summed E-state index contributed by atoms with van der Waals surface area (Å²) in [6.45, 7) is 1.32. The van der Waals surface area contributed by atoms with Crippen LogP contribution in [0.3, 0.4) is 0 Å². The van der Waals surface area contributed by atoms with E-state index in [0.717, 1.165) is 30.6 Å². The molecule has 1 unspecified atom stereocenters. The number of anilines is 1. The molecule has 1 atom stereocenters. The molecule has 2 aromatic rings. The summed E-state index contributed by atoms with van der Waals surface area (Å²) in [7, 11) is 0. The molecular weight excluding hydrogens is 316 g/mol. The number of piperidine rings is 1. The molecule has 0 radical (unpaired) electrons. The van der Waals surface area contributed by atoms with Gasteiger partial charge in [0.05, 0.1) is 0 Å². The van der Waals surface area contributed by atoms with Crippen molar-refractivity contribution in [1.29, 1.82) is 0 Å². The number of benzene rings is 2. The third-order valence-electron chi connectivity index (χ3n) is 4.51. The van der Waals surface area contributed by atoms with Crippen molar-refractivity contribution >= 4 is 17.6 Å². The van der Waals surface area contributed by atoms with Crippen LogP contribution < -0.4 is 5.32 Å². The van der Waals surface area contributed by atoms with Crippen molar-refractivity contribution in [2.75, 3.05) is 11.9 Å². The van der Waals surface area contributed by atoms with Crippen LogP contribution in [0.1, 0.15) is 35.2 Å². The fourth-order valence-corrected chi connectivity index (χ4v) is 3.23. The zero-order valence-corrected chi connectivity index (χ0v) is 14.0. The Balaban J connectivity index is 1.70. The van der Waals surface area contributed by atoms with Crippen molar-refractivity contribution in [1.82, 2.24) is 4.90 Å². The van der Waals surface area contributed by atoms with E-state index in [1.165, 1.54) is 0 Å². The number of aliphatic carboxylic acids is 1. The predicted molar refractivity (Wildman–Crippen MR) is 96.5 cm³/mol. The van der Waals surface area contributed by atoms with Crippen molar-refractivity contribution in [2.24, 2.45) is 0 Å². The van der Waals surface area contributed by atoms with E-state index in [-0.39, 0.29) is 5.91 Å². The van der Waals surface area contributed by atoms with Crippen LogP contribution in [-0.4, -0.2) is 34.5 Å². The summed E-state index contributed by atoms with van der Waals surface area (Å²) < 4.78 is 0. The van der Waals surface area contributed by atoms with E-state index in [1.54, 1.807) is 6.07 Å². The minimum Gasteiger partial charge on any atom is -0.480 e. The summed E-state index contributed by atoms with van der Waals surface area (Å²) >= 11 is 0. The van der Waals surface area contributed by atoms with E-state index in [4.69, 9.17) is 0 Å². The van der Waals surface area contributed by atoms with Gasteiger partial charge in [-0.3, -0.25) is 14.5 Å². The van der Waals surface area contributed by atoms with Crippen molar-refractivity contribution in [3.63, 3.8) is 0 Å². The smallest absolute Gasteiger partial charge is 0.320 e. The van der Waals surface area contributed by atoms with E-state index in [0.29, 0.717) is 18.5 Å². The number of hydrogen-bond donors (Lipinski definition) is 2. The fraction of sp³-hybridized carbons (Fsp3) is 0.300. The molecule has 1 heterocycles. The average molecular weight is 338 g/mol. The maximum atomic E-state index is 12.4. The van der Waals surface area contributed by atoms with Gasteiger partial charge in [-0.25, -0.2) is 0 Å². The van der Waals surface area contributed by atoms with Crippen LogP contribution in [-0.2, 0) is 11.3 Å². The van der Waals surface area contributed by atoms with Gasteiger partial charge in [0, 0.05) is 17.8 Å². The van der Waals surface area contributed by atoms with E-state index in [2.05, 4.69) is 5.32 Å². The molecule has 2 N–H and O–H groups in total. The molecule has 25 heavy (non-hydrogen) atoms. The lowest BCUT2D eigenvalue weighted by Crippen LogP contribution is -2.44. The van der Waals surface area contributed by atoms with Crippen LogP contribution in [0.4, 0.5) is 5.69 Å². The summed E-state index contributed by atoms with van der Waals surface area (Å²) in [6.07, 6.45) is 2.65. The highest BCUT2D eigenvalue weighted by atomic mass is 16.4. The van der Waals surface area contributed by atoms with Gasteiger partial charge in [0.1, 0.15) is 6.04 Å². The Labute approximate surface area is 147 Å². The second-order valence-electron chi connectivity index (χ2n) is 6.34. The number of carbonyl (C=O) groups is 2. The Morgan fingerprint density at radius 3 is 2.64 bits per heavy atom. The number of para-hydroxylation sites is 1. The number of nitrogens with zero attached hydrogens (tertiary/aromatic N) is 1. The molecule has 1 amide bonds. The number of amides is 1. The minimum absolute atomic E-state index is 0.165. The molecule has 3 rings (SSSR count). The largest absolute Gasteiger partial charge is 0.480 e. The molecule has 1 aliphatic heterocycles. The van der Waals surface area contributed by atoms with Crippen LogP contribution in [0, 0.1) is 0 Å². The Hall–Kier alpha value is -2.66. The first-order valence-electron chi connectivity index (χ1n) is 8.56. The zero-order chi connectivity index (χ0) is 17.6. The van der Waals surface area contributed by atoms with Crippen molar-refractivity contribution in [2.45, 2.75) is 31.8 Å². The molecule has 5 heteroatoms. The number of nitrogens with one attached hydrogen (secondary N) is 1. The standard InChI is InChI=1S/C20H22N2O3/c23-19(21-17-9-2-1-3-10-17)16-8-6-7-15(13-16)14-22-12-5-4-11-18(22)20(24)25/h1-3,6-10,13,18H,4-5,11-12,14H2,(H,21,23)(H,24,25). The molecule has 0 saturated carbocycles. The maximum Gasteiger partial charge on any atom is 0.320 e. The first-order chi connectivity index (χ1) is 12.1. The molecule has 1 aliphatic rings. The van der Waals surface area contributed by atoms with Gasteiger partial charge in [0.25, 0.3) is 5.91 Å². The van der Waals surface area contributed by atoms with Crippen LogP contribution >= 0.6 is 0 Å². The van der Waals surface area contributed by atoms with Gasteiger partial charge in [0.15, 0.2) is 0 Å². The van der Waals surface area contributed by atoms with Crippen LogP contribution in [0.15, 0.2) is 54.6 Å². The lowest BCUT2D eigenvalue weighted by molar-refractivity contribution is -0.144. The molecule has 1 saturated heterocycles. The third-order valence-corrected chi connectivity index (χ3v) is 4.51. The highest BCUT2D eigenvalue weighted by Crippen LogP contribution is 2.20. The van der Waals surface area contributed by atoms with Crippen molar-refractivity contribution in [3.05, 3.63) is 65.7 Å². The predicted octanol–water partition coefficient (Wildman–Crippen LogP) is 3.38. The van der Waals surface area contributed by atoms with Crippen LogP contribution in [0.25, 0.3) is 0 Å². The normalized spacial score (nSPS) is 17.8. The molecule has 0 aliphatic carbocycles. The van der Waals surface area contributed by atoms with Crippen molar-refractivity contribution in [3.8, 4) is 0 Å². The fourth-order valence-electron chi connectivity index (χ4n) is 3.23. The Morgan fingerprint density at radius 1 is 1.08 bits per heavy atom. The average Bonchev–Trinajstić information content (AvgIpc) is 2.63. The Kier molecular flexibility index (Phi) is 5.46. The monoisotopic (exact) mass is 338 g/mol. The molecule has 2 aromatic carbocycles. The van der Waals surface area contributed by atoms with Gasteiger partial charge in [-0.15, -0.1) is 0 Å². The summed E-state index contributed by atoms with van der Waals surface area (Å²) in [5.41, 5.74) is 2.28. The minimum atomic E-state index is -0.766. The van der Waals surface area contributed by atoms with Crippen LogP contribution in [0.2, 0.25) is 0 Å². The SMILES string of the molecule is O=C(Nc1ccccc1)c1cccc(CN2CCCCC2C(=O)O)c1. The molecule has 130 valence electrons. The highest BCUT2D eigenvalue weighted by molar-refractivity contribution is 6.04. The molecule has 0 aromatic heterocycles. The van der Waals surface area contributed by atoms with E-state index >= 15 is 0 Å². The quantitative estimate of drug-likeness (QED) is 0.877. The van der Waals surface area contributed by atoms with E-state index in [1.807, 2.05) is 53.4 Å². The second-order valence-corrected chi connectivity index (χ2v) is 6.34. The van der Waals surface area contributed by atoms with Gasteiger partial charge in [-0.05, 0) is 49.2 Å². The van der Waals surface area contributed by atoms with Gasteiger partial charge >= 0.3 is 5.97 Å². The van der Waals surface area contributed by atoms with Gasteiger partial charge in [0.2, 0.25) is 0 Å². The molecular formula is C20H22N2O3. The maximum absolute atomic E-state index is 12.4. The lowest BCUT2D eigenvalue weighted by atomic mass is 10.0. The molecule has 0 bridgehead atoms. The zero-order valence-electron chi connectivity index (χ0n) is 14.0. The van der Waals surface area contributed by atoms with E-state index < -0.39 is 12.0 Å². The lowest BCUT2D eigenvalue weighted by Gasteiger charge is -2.32. The third kappa shape index (κ3) is 4.45. The summed E-state index contributed by atoms with van der Waals surface area (Å²) in [5.74, 6) is -0.931. The van der Waals surface area contributed by atoms with Crippen LogP contribution in [0.5, 0.6) is 0 Å². The topological polar surface area (TPSA) is 69.6 Å². The summed E-state index contributed by atoms with van der Waals surface area (Å²) in [5, 5.41) is 12.3. The number of carboxylic acid groups (broad SMARTS) is 1. The number of carbonyl (C=O) groups excluding carboxylic acids is 1. The number of likely N-dealkylation sites (tertiary alicyclic amines) is 1. The first kappa shape index (κ1) is 17.2. The Morgan fingerprint density at radius 2 is 1.88 bits per heavy atom.